The normalized spacial score (nSPS) is 13.3. The Bertz CT molecular complexity index is 2750. The summed E-state index contributed by atoms with van der Waals surface area (Å²) in [6, 6.07) is 59.4. The van der Waals surface area contributed by atoms with Crippen LogP contribution in [0.1, 0.15) is 25.0 Å². The van der Waals surface area contributed by atoms with Crippen LogP contribution in [-0.4, -0.2) is 0 Å². The fourth-order valence-corrected chi connectivity index (χ4v) is 8.26. The average molecular weight is 628 g/mol. The zero-order valence-corrected chi connectivity index (χ0v) is 27.4. The van der Waals surface area contributed by atoms with Gasteiger partial charge in [-0.15, -0.1) is 0 Å². The van der Waals surface area contributed by atoms with Gasteiger partial charge in [-0.05, 0) is 98.1 Å². The molecule has 2 nitrogen and oxygen atoms in total. The van der Waals surface area contributed by atoms with Crippen LogP contribution in [0.15, 0.2) is 168 Å². The van der Waals surface area contributed by atoms with E-state index in [2.05, 4.69) is 170 Å². The molecule has 0 bridgehead atoms. The van der Waals surface area contributed by atoms with Crippen LogP contribution in [0.3, 0.4) is 0 Å². The van der Waals surface area contributed by atoms with Crippen LogP contribution in [0.5, 0.6) is 0 Å². The summed E-state index contributed by atoms with van der Waals surface area (Å²) in [7, 11) is 0. The highest BCUT2D eigenvalue weighted by Crippen LogP contribution is 2.52. The molecule has 2 heteroatoms. The summed E-state index contributed by atoms with van der Waals surface area (Å²) in [6.45, 7) is 4.74. The molecule has 0 aliphatic heterocycles. The van der Waals surface area contributed by atoms with Crippen LogP contribution < -0.4 is 4.90 Å². The Balaban J connectivity index is 1.16. The van der Waals surface area contributed by atoms with E-state index in [-0.39, 0.29) is 5.41 Å². The van der Waals surface area contributed by atoms with Crippen LogP contribution in [0.2, 0.25) is 0 Å². The topological polar surface area (TPSA) is 16.4 Å². The lowest BCUT2D eigenvalue weighted by Gasteiger charge is -2.27. The minimum Gasteiger partial charge on any atom is -0.456 e. The number of furan rings is 1. The van der Waals surface area contributed by atoms with Crippen LogP contribution in [0, 0.1) is 0 Å². The maximum atomic E-state index is 6.20. The molecule has 49 heavy (non-hydrogen) atoms. The molecule has 0 saturated heterocycles. The van der Waals surface area contributed by atoms with Gasteiger partial charge in [0.05, 0.1) is 5.69 Å². The smallest absolute Gasteiger partial charge is 0.135 e. The summed E-state index contributed by atoms with van der Waals surface area (Å²) < 4.78 is 6.20. The quantitative estimate of drug-likeness (QED) is 0.193. The Hall–Kier alpha value is -6.12. The Labute approximate surface area is 285 Å². The zero-order chi connectivity index (χ0) is 32.7. The van der Waals surface area contributed by atoms with E-state index in [9.17, 15) is 0 Å². The number of rotatable bonds is 4. The number of benzene rings is 8. The van der Waals surface area contributed by atoms with Gasteiger partial charge in [0.15, 0.2) is 0 Å². The molecule has 8 aromatic carbocycles. The predicted molar refractivity (Wildman–Crippen MR) is 206 cm³/mol. The first-order valence-electron chi connectivity index (χ1n) is 17.0. The van der Waals surface area contributed by atoms with Crippen molar-refractivity contribution < 1.29 is 4.42 Å². The van der Waals surface area contributed by atoms with Gasteiger partial charge in [-0.25, -0.2) is 0 Å². The highest BCUT2D eigenvalue weighted by Gasteiger charge is 2.36. The third-order valence-electron chi connectivity index (χ3n) is 10.7. The van der Waals surface area contributed by atoms with Gasteiger partial charge < -0.3 is 9.32 Å². The minimum absolute atomic E-state index is 0.0968. The number of hydrogen-bond acceptors (Lipinski definition) is 2. The molecule has 1 aromatic heterocycles. The molecule has 1 aliphatic rings. The summed E-state index contributed by atoms with van der Waals surface area (Å²) in [5.74, 6) is 0. The van der Waals surface area contributed by atoms with Crippen molar-refractivity contribution in [2.24, 2.45) is 0 Å². The molecular formula is C47H33NO. The molecule has 0 spiro atoms. The number of para-hydroxylation sites is 2. The lowest BCUT2D eigenvalue weighted by molar-refractivity contribution is 0.661. The zero-order valence-electron chi connectivity index (χ0n) is 27.4. The van der Waals surface area contributed by atoms with Crippen LogP contribution in [-0.2, 0) is 5.41 Å². The monoisotopic (exact) mass is 627 g/mol. The van der Waals surface area contributed by atoms with E-state index in [1.54, 1.807) is 0 Å². The van der Waals surface area contributed by atoms with Crippen LogP contribution in [0.4, 0.5) is 17.1 Å². The highest BCUT2D eigenvalue weighted by atomic mass is 16.3. The minimum atomic E-state index is -0.0968. The van der Waals surface area contributed by atoms with Crippen molar-refractivity contribution in [1.29, 1.82) is 0 Å². The largest absolute Gasteiger partial charge is 0.456 e. The Morgan fingerprint density at radius 3 is 2.00 bits per heavy atom. The van der Waals surface area contributed by atoms with Crippen molar-refractivity contribution in [3.8, 4) is 22.3 Å². The number of nitrogens with zero attached hydrogens (tertiary/aromatic N) is 1. The average Bonchev–Trinajstić information content (AvgIpc) is 3.63. The summed E-state index contributed by atoms with van der Waals surface area (Å²) in [5.41, 5.74) is 13.0. The Morgan fingerprint density at radius 1 is 0.449 bits per heavy atom. The van der Waals surface area contributed by atoms with E-state index in [4.69, 9.17) is 4.42 Å². The summed E-state index contributed by atoms with van der Waals surface area (Å²) >= 11 is 0. The van der Waals surface area contributed by atoms with Crippen molar-refractivity contribution in [2.45, 2.75) is 19.3 Å². The van der Waals surface area contributed by atoms with Crippen molar-refractivity contribution in [2.75, 3.05) is 4.90 Å². The van der Waals surface area contributed by atoms with Crippen molar-refractivity contribution >= 4 is 60.5 Å². The van der Waals surface area contributed by atoms with E-state index in [0.717, 1.165) is 39.0 Å². The van der Waals surface area contributed by atoms with Gasteiger partial charge in [0.2, 0.25) is 0 Å². The first kappa shape index (κ1) is 27.9. The van der Waals surface area contributed by atoms with Gasteiger partial charge in [0, 0.05) is 32.9 Å². The van der Waals surface area contributed by atoms with E-state index >= 15 is 0 Å². The molecular weight excluding hydrogens is 595 g/mol. The third kappa shape index (κ3) is 4.14. The maximum Gasteiger partial charge on any atom is 0.135 e. The van der Waals surface area contributed by atoms with Gasteiger partial charge in [0.25, 0.3) is 0 Å². The predicted octanol–water partition coefficient (Wildman–Crippen LogP) is 13.3. The number of anilines is 3. The first-order valence-corrected chi connectivity index (χ1v) is 17.0. The van der Waals surface area contributed by atoms with Crippen LogP contribution in [0.25, 0.3) is 65.7 Å². The van der Waals surface area contributed by atoms with Gasteiger partial charge >= 0.3 is 0 Å². The molecule has 10 rings (SSSR count). The lowest BCUT2D eigenvalue weighted by atomic mass is 9.81. The second-order valence-corrected chi connectivity index (χ2v) is 13.7. The maximum absolute atomic E-state index is 6.20. The summed E-state index contributed by atoms with van der Waals surface area (Å²) in [4.78, 5) is 2.38. The molecule has 232 valence electrons. The molecule has 0 amide bonds. The molecule has 1 heterocycles. The SMILES string of the molecule is CC1(C)c2cc(-c3ccc(N(c4ccccc4)c4ccc5oc6ccccc6c5c4)c4ccccc34)ccc2-c2c1ccc1ccccc21. The van der Waals surface area contributed by atoms with Crippen molar-refractivity contribution in [1.82, 2.24) is 0 Å². The molecule has 0 fully saturated rings. The van der Waals surface area contributed by atoms with E-state index in [0.29, 0.717) is 0 Å². The van der Waals surface area contributed by atoms with E-state index < -0.39 is 0 Å². The molecule has 1 aliphatic carbocycles. The lowest BCUT2D eigenvalue weighted by Crippen LogP contribution is -2.15. The molecule has 9 aromatic rings. The number of hydrogen-bond donors (Lipinski definition) is 0. The van der Waals surface area contributed by atoms with Crippen molar-refractivity contribution in [3.05, 3.63) is 175 Å². The fraction of sp³-hybridized carbons (Fsp3) is 0.0638. The first-order chi connectivity index (χ1) is 24.1. The summed E-state index contributed by atoms with van der Waals surface area (Å²) in [5, 5.41) is 7.30. The molecule has 0 atom stereocenters. The van der Waals surface area contributed by atoms with Gasteiger partial charge in [-0.2, -0.15) is 0 Å². The van der Waals surface area contributed by atoms with Gasteiger partial charge in [-0.1, -0.05) is 129 Å². The molecule has 0 saturated carbocycles. The van der Waals surface area contributed by atoms with Crippen LogP contribution >= 0.6 is 0 Å². The molecule has 0 radical (unpaired) electrons. The molecule has 0 N–H and O–H groups in total. The second-order valence-electron chi connectivity index (χ2n) is 13.7. The van der Waals surface area contributed by atoms with E-state index in [1.807, 2.05) is 12.1 Å². The highest BCUT2D eigenvalue weighted by molar-refractivity contribution is 6.10. The standard InChI is InChI=1S/C47H33NO/c1-47(2)41-25-21-30-12-6-7-15-35(30)46(41)39-23-20-31(28-42(39)47)34-24-26-43(37-17-9-8-16-36(34)37)48(32-13-4-3-5-14-32)33-22-27-45-40(29-33)38-18-10-11-19-44(38)49-45/h3-29H,1-2H3. The number of fused-ring (bicyclic) bond motifs is 9. The fourth-order valence-electron chi connectivity index (χ4n) is 8.26. The van der Waals surface area contributed by atoms with Gasteiger partial charge in [-0.3, -0.25) is 0 Å². The Morgan fingerprint density at radius 2 is 1.14 bits per heavy atom. The Kier molecular flexibility index (Phi) is 5.95. The summed E-state index contributed by atoms with van der Waals surface area (Å²) in [6.07, 6.45) is 0. The third-order valence-corrected chi connectivity index (χ3v) is 10.7. The van der Waals surface area contributed by atoms with Gasteiger partial charge in [0.1, 0.15) is 11.2 Å². The second kappa shape index (κ2) is 10.4. The van der Waals surface area contributed by atoms with Crippen molar-refractivity contribution in [3.63, 3.8) is 0 Å². The molecule has 0 unspecified atom stereocenters. The van der Waals surface area contributed by atoms with E-state index in [1.165, 1.54) is 54.9 Å².